The molecule has 1 aromatic rings. The Morgan fingerprint density at radius 2 is 2.12 bits per heavy atom. The largest absolute Gasteiger partial charge is 0.481 e. The lowest BCUT2D eigenvalue weighted by molar-refractivity contribution is -0.143. The average Bonchev–Trinajstić information content (AvgIpc) is 2.53. The van der Waals surface area contributed by atoms with E-state index in [1.807, 2.05) is 6.92 Å². The zero-order valence-corrected chi connectivity index (χ0v) is 13.7. The van der Waals surface area contributed by atoms with Gasteiger partial charge >= 0.3 is 18.2 Å². The van der Waals surface area contributed by atoms with Crippen LogP contribution in [-0.4, -0.2) is 46.6 Å². The molecular formula is C16H20F3N3O3. The normalized spacial score (nSPS) is 21.0. The smallest absolute Gasteiger partial charge is 0.416 e. The zero-order valence-electron chi connectivity index (χ0n) is 13.7. The first-order chi connectivity index (χ1) is 11.7. The summed E-state index contributed by atoms with van der Waals surface area (Å²) in [6.07, 6.45) is -2.67. The molecule has 25 heavy (non-hydrogen) atoms. The van der Waals surface area contributed by atoms with Crippen LogP contribution in [0.25, 0.3) is 0 Å². The predicted molar refractivity (Wildman–Crippen MR) is 82.8 cm³/mol. The highest BCUT2D eigenvalue weighted by molar-refractivity contribution is 5.76. The standard InChI is InChI=1S/C16H20F3N3O3/c1-10-6-11(14(23)24)9-22(8-10)15(25)21-5-3-13-7-12(2-4-20-13)16(17,18)19/h2,4,7,10-11H,3,5-6,8-9H2,1H3,(H,21,25)(H,23,24). The van der Waals surface area contributed by atoms with Gasteiger partial charge < -0.3 is 15.3 Å². The third kappa shape index (κ3) is 5.33. The van der Waals surface area contributed by atoms with E-state index in [1.54, 1.807) is 0 Å². The molecule has 1 aliphatic rings. The van der Waals surface area contributed by atoms with Crippen LogP contribution >= 0.6 is 0 Å². The van der Waals surface area contributed by atoms with Crippen LogP contribution in [0.1, 0.15) is 24.6 Å². The van der Waals surface area contributed by atoms with E-state index in [4.69, 9.17) is 5.11 Å². The van der Waals surface area contributed by atoms with E-state index in [2.05, 4.69) is 10.3 Å². The van der Waals surface area contributed by atoms with Crippen LogP contribution in [0.2, 0.25) is 0 Å². The van der Waals surface area contributed by atoms with E-state index >= 15 is 0 Å². The summed E-state index contributed by atoms with van der Waals surface area (Å²) in [7, 11) is 0. The molecule has 2 heterocycles. The number of alkyl halides is 3. The number of nitrogens with one attached hydrogen (secondary N) is 1. The minimum atomic E-state index is -4.43. The number of aliphatic carboxylic acids is 1. The predicted octanol–water partition coefficient (Wildman–Crippen LogP) is 2.40. The molecule has 2 amide bonds. The number of carboxylic acids is 1. The summed E-state index contributed by atoms with van der Waals surface area (Å²) in [4.78, 5) is 28.6. The van der Waals surface area contributed by atoms with Crippen molar-refractivity contribution in [1.29, 1.82) is 0 Å². The van der Waals surface area contributed by atoms with E-state index in [1.165, 1.54) is 4.90 Å². The first-order valence-corrected chi connectivity index (χ1v) is 7.94. The Morgan fingerprint density at radius 1 is 1.40 bits per heavy atom. The second-order valence-electron chi connectivity index (χ2n) is 6.30. The molecule has 2 atom stereocenters. The van der Waals surface area contributed by atoms with E-state index in [0.717, 1.165) is 18.3 Å². The van der Waals surface area contributed by atoms with Gasteiger partial charge in [-0.1, -0.05) is 6.92 Å². The number of nitrogens with zero attached hydrogens (tertiary/aromatic N) is 2. The molecule has 1 aliphatic heterocycles. The van der Waals surface area contributed by atoms with Gasteiger partial charge in [-0.2, -0.15) is 13.2 Å². The molecule has 138 valence electrons. The van der Waals surface area contributed by atoms with Crippen LogP contribution in [0.3, 0.4) is 0 Å². The fourth-order valence-corrected chi connectivity index (χ4v) is 2.90. The molecule has 1 aromatic heterocycles. The highest BCUT2D eigenvalue weighted by Crippen LogP contribution is 2.29. The van der Waals surface area contributed by atoms with Crippen LogP contribution in [0, 0.1) is 11.8 Å². The Balaban J connectivity index is 1.87. The number of carbonyl (C=O) groups is 2. The van der Waals surface area contributed by atoms with Gasteiger partial charge in [-0.15, -0.1) is 0 Å². The lowest BCUT2D eigenvalue weighted by Gasteiger charge is -2.34. The van der Waals surface area contributed by atoms with Gasteiger partial charge in [0.2, 0.25) is 0 Å². The second kappa shape index (κ2) is 7.71. The number of carboxylic acid groups (broad SMARTS) is 1. The summed E-state index contributed by atoms with van der Waals surface area (Å²) >= 11 is 0. The quantitative estimate of drug-likeness (QED) is 0.865. The monoisotopic (exact) mass is 359 g/mol. The summed E-state index contributed by atoms with van der Waals surface area (Å²) in [6.45, 7) is 2.59. The molecule has 0 radical (unpaired) electrons. The minimum absolute atomic E-state index is 0.0748. The summed E-state index contributed by atoms with van der Waals surface area (Å²) in [6, 6.07) is 1.43. The number of likely N-dealkylation sites (tertiary alicyclic amines) is 1. The molecule has 9 heteroatoms. The molecule has 0 aromatic carbocycles. The molecule has 0 bridgehead atoms. The lowest BCUT2D eigenvalue weighted by atomic mass is 9.91. The number of aromatic nitrogens is 1. The maximum absolute atomic E-state index is 12.6. The van der Waals surface area contributed by atoms with E-state index < -0.39 is 29.7 Å². The first-order valence-electron chi connectivity index (χ1n) is 7.94. The molecule has 2 unspecified atom stereocenters. The van der Waals surface area contributed by atoms with Gasteiger partial charge in [0.05, 0.1) is 11.5 Å². The average molecular weight is 359 g/mol. The topological polar surface area (TPSA) is 82.5 Å². The third-order valence-corrected chi connectivity index (χ3v) is 4.10. The molecule has 2 rings (SSSR count). The van der Waals surface area contributed by atoms with Crippen molar-refractivity contribution in [2.45, 2.75) is 25.9 Å². The maximum Gasteiger partial charge on any atom is 0.416 e. The van der Waals surface area contributed by atoms with Crippen LogP contribution in [0.4, 0.5) is 18.0 Å². The van der Waals surface area contributed by atoms with Crippen LogP contribution in [0.5, 0.6) is 0 Å². The first kappa shape index (κ1) is 19.0. The van der Waals surface area contributed by atoms with Crippen LogP contribution in [-0.2, 0) is 17.4 Å². The molecule has 0 saturated carbocycles. The number of hydrogen-bond donors (Lipinski definition) is 2. The third-order valence-electron chi connectivity index (χ3n) is 4.10. The van der Waals surface area contributed by atoms with E-state index in [0.29, 0.717) is 13.0 Å². The number of pyridine rings is 1. The van der Waals surface area contributed by atoms with E-state index in [-0.39, 0.29) is 31.1 Å². The number of hydrogen-bond acceptors (Lipinski definition) is 3. The second-order valence-corrected chi connectivity index (χ2v) is 6.30. The van der Waals surface area contributed by atoms with Crippen molar-refractivity contribution >= 4 is 12.0 Å². The Hall–Kier alpha value is -2.32. The molecule has 6 nitrogen and oxygen atoms in total. The van der Waals surface area contributed by atoms with Gasteiger partial charge in [-0.05, 0) is 24.5 Å². The summed E-state index contributed by atoms with van der Waals surface area (Å²) in [5.41, 5.74) is -0.552. The van der Waals surface area contributed by atoms with Gasteiger partial charge in [0.1, 0.15) is 0 Å². The fraction of sp³-hybridized carbons (Fsp3) is 0.562. The maximum atomic E-state index is 12.6. The van der Waals surface area contributed by atoms with Gasteiger partial charge in [0, 0.05) is 37.9 Å². The number of rotatable bonds is 4. The summed E-state index contributed by atoms with van der Waals surface area (Å²) in [5.74, 6) is -1.46. The van der Waals surface area contributed by atoms with Crippen molar-refractivity contribution in [3.8, 4) is 0 Å². The molecule has 1 saturated heterocycles. The Kier molecular flexibility index (Phi) is 5.86. The number of amides is 2. The van der Waals surface area contributed by atoms with Gasteiger partial charge in [0.15, 0.2) is 0 Å². The zero-order chi connectivity index (χ0) is 18.6. The summed E-state index contributed by atoms with van der Waals surface area (Å²) < 4.78 is 37.9. The molecular weight excluding hydrogens is 339 g/mol. The van der Waals surface area contributed by atoms with Gasteiger partial charge in [0.25, 0.3) is 0 Å². The van der Waals surface area contributed by atoms with Crippen molar-refractivity contribution in [2.75, 3.05) is 19.6 Å². The molecule has 0 spiro atoms. The van der Waals surface area contributed by atoms with Gasteiger partial charge in [-0.25, -0.2) is 4.79 Å². The number of urea groups is 1. The number of halogens is 3. The number of piperidine rings is 1. The molecule has 0 aliphatic carbocycles. The Bertz CT molecular complexity index is 637. The van der Waals surface area contributed by atoms with Crippen molar-refractivity contribution in [3.05, 3.63) is 29.6 Å². The number of carbonyl (C=O) groups excluding carboxylic acids is 1. The van der Waals surface area contributed by atoms with E-state index in [9.17, 15) is 22.8 Å². The summed E-state index contributed by atoms with van der Waals surface area (Å²) in [5, 5.41) is 11.7. The Labute approximate surface area is 143 Å². The lowest BCUT2D eigenvalue weighted by Crippen LogP contribution is -2.49. The molecule has 1 fully saturated rings. The van der Waals surface area contributed by atoms with Crippen molar-refractivity contribution in [2.24, 2.45) is 11.8 Å². The highest BCUT2D eigenvalue weighted by atomic mass is 19.4. The minimum Gasteiger partial charge on any atom is -0.481 e. The van der Waals surface area contributed by atoms with Crippen LogP contribution in [0.15, 0.2) is 18.3 Å². The molecule has 2 N–H and O–H groups in total. The van der Waals surface area contributed by atoms with Gasteiger partial charge in [-0.3, -0.25) is 9.78 Å². The Morgan fingerprint density at radius 3 is 2.76 bits per heavy atom. The SMILES string of the molecule is CC1CC(C(=O)O)CN(C(=O)NCCc2cc(C(F)(F)F)ccn2)C1. The van der Waals surface area contributed by atoms with Crippen molar-refractivity contribution < 1.29 is 27.9 Å². The van der Waals surface area contributed by atoms with Crippen molar-refractivity contribution in [1.82, 2.24) is 15.2 Å². The van der Waals surface area contributed by atoms with Crippen molar-refractivity contribution in [3.63, 3.8) is 0 Å². The highest BCUT2D eigenvalue weighted by Gasteiger charge is 2.32. The van der Waals surface area contributed by atoms with Crippen LogP contribution < -0.4 is 5.32 Å². The fourth-order valence-electron chi connectivity index (χ4n) is 2.90.